The maximum Gasteiger partial charge on any atom is 0.0107 e. The van der Waals surface area contributed by atoms with Crippen molar-refractivity contribution in [3.05, 3.63) is 22.4 Å². The van der Waals surface area contributed by atoms with E-state index in [1.54, 1.807) is 0 Å². The zero-order valence-electron chi connectivity index (χ0n) is 9.65. The Morgan fingerprint density at radius 1 is 1.25 bits per heavy atom. The van der Waals surface area contributed by atoms with Crippen LogP contribution in [0.3, 0.4) is 0 Å². The molecule has 1 saturated heterocycles. The van der Waals surface area contributed by atoms with Crippen LogP contribution in [0.5, 0.6) is 0 Å². The number of rotatable bonds is 6. The van der Waals surface area contributed by atoms with Crippen LogP contribution in [0.1, 0.15) is 4.88 Å². The molecule has 0 atom stereocenters. The minimum atomic E-state index is 1.11. The molecule has 2 nitrogen and oxygen atoms in total. The van der Waals surface area contributed by atoms with Crippen molar-refractivity contribution in [1.82, 2.24) is 10.2 Å². The van der Waals surface area contributed by atoms with Gasteiger partial charge in [-0.15, -0.1) is 11.3 Å². The molecule has 1 aliphatic rings. The molecule has 2 heterocycles. The maximum absolute atomic E-state index is 3.53. The average Bonchev–Trinajstić information content (AvgIpc) is 2.83. The summed E-state index contributed by atoms with van der Waals surface area (Å²) in [6, 6.07) is 4.35. The predicted octanol–water partition coefficient (Wildman–Crippen LogP) is 1.93. The molecule has 1 aromatic heterocycles. The summed E-state index contributed by atoms with van der Waals surface area (Å²) in [6.07, 6.45) is 1.17. The van der Waals surface area contributed by atoms with Crippen LogP contribution in [-0.4, -0.2) is 49.1 Å². The van der Waals surface area contributed by atoms with Crippen molar-refractivity contribution in [3.8, 4) is 0 Å². The van der Waals surface area contributed by atoms with Gasteiger partial charge < -0.3 is 10.2 Å². The molecule has 0 aromatic carbocycles. The van der Waals surface area contributed by atoms with Gasteiger partial charge in [-0.1, -0.05) is 6.07 Å². The van der Waals surface area contributed by atoms with Gasteiger partial charge in [-0.05, 0) is 17.9 Å². The van der Waals surface area contributed by atoms with Crippen molar-refractivity contribution >= 4 is 23.1 Å². The van der Waals surface area contributed by atoms with Crippen LogP contribution in [0.15, 0.2) is 17.5 Å². The summed E-state index contributed by atoms with van der Waals surface area (Å²) in [4.78, 5) is 4.05. The van der Waals surface area contributed by atoms with Crippen LogP contribution in [0.2, 0.25) is 0 Å². The molecule has 2 rings (SSSR count). The number of nitrogens with one attached hydrogen (secondary N) is 1. The number of thiophene rings is 1. The Morgan fingerprint density at radius 2 is 2.12 bits per heavy atom. The van der Waals surface area contributed by atoms with Gasteiger partial charge in [-0.3, -0.25) is 0 Å². The lowest BCUT2D eigenvalue weighted by Gasteiger charge is -2.26. The minimum Gasteiger partial charge on any atom is -0.315 e. The molecule has 0 saturated carbocycles. The maximum atomic E-state index is 3.53. The zero-order chi connectivity index (χ0) is 11.1. The van der Waals surface area contributed by atoms with Crippen LogP contribution in [0, 0.1) is 0 Å². The highest BCUT2D eigenvalue weighted by molar-refractivity contribution is 7.99. The van der Waals surface area contributed by atoms with E-state index in [2.05, 4.69) is 39.5 Å². The standard InChI is InChI=1S/C12H20N2S2/c1-2-12(16-9-1)3-4-13-5-6-14-7-10-15-11-8-14/h1-2,9,13H,3-8,10-11H2. The van der Waals surface area contributed by atoms with Gasteiger partial charge in [-0.25, -0.2) is 0 Å². The van der Waals surface area contributed by atoms with Gasteiger partial charge in [0.05, 0.1) is 0 Å². The van der Waals surface area contributed by atoms with E-state index < -0.39 is 0 Å². The van der Waals surface area contributed by atoms with Gasteiger partial charge in [0.15, 0.2) is 0 Å². The van der Waals surface area contributed by atoms with Crippen LogP contribution in [-0.2, 0) is 6.42 Å². The molecular weight excluding hydrogens is 236 g/mol. The molecular formula is C12H20N2S2. The zero-order valence-corrected chi connectivity index (χ0v) is 11.3. The number of nitrogens with zero attached hydrogens (tertiary/aromatic N) is 1. The van der Waals surface area contributed by atoms with Gasteiger partial charge >= 0.3 is 0 Å². The molecule has 0 bridgehead atoms. The van der Waals surface area contributed by atoms with Crippen molar-refractivity contribution in [2.75, 3.05) is 44.2 Å². The van der Waals surface area contributed by atoms with Gasteiger partial charge in [0.2, 0.25) is 0 Å². The molecule has 90 valence electrons. The fourth-order valence-electron chi connectivity index (χ4n) is 1.85. The van der Waals surface area contributed by atoms with E-state index in [0.717, 1.165) is 13.1 Å². The van der Waals surface area contributed by atoms with Crippen LogP contribution >= 0.6 is 23.1 Å². The Hall–Kier alpha value is -0.0300. The van der Waals surface area contributed by atoms with E-state index >= 15 is 0 Å². The third-order valence-corrected chi connectivity index (χ3v) is 4.72. The number of hydrogen-bond donors (Lipinski definition) is 1. The summed E-state index contributed by atoms with van der Waals surface area (Å²) in [5.41, 5.74) is 0. The normalized spacial score (nSPS) is 17.8. The van der Waals surface area contributed by atoms with Crippen molar-refractivity contribution in [2.24, 2.45) is 0 Å². The largest absolute Gasteiger partial charge is 0.315 e. The van der Waals surface area contributed by atoms with Crippen molar-refractivity contribution in [2.45, 2.75) is 6.42 Å². The first-order valence-corrected chi connectivity index (χ1v) is 8.02. The molecule has 0 radical (unpaired) electrons. The molecule has 0 spiro atoms. The van der Waals surface area contributed by atoms with Gasteiger partial charge in [0, 0.05) is 49.1 Å². The lowest BCUT2D eigenvalue weighted by Crippen LogP contribution is -2.38. The molecule has 0 amide bonds. The first-order valence-electron chi connectivity index (χ1n) is 5.98. The van der Waals surface area contributed by atoms with E-state index in [9.17, 15) is 0 Å². The molecule has 1 N–H and O–H groups in total. The van der Waals surface area contributed by atoms with Crippen LogP contribution in [0.4, 0.5) is 0 Å². The number of hydrogen-bond acceptors (Lipinski definition) is 4. The molecule has 1 aliphatic heterocycles. The fraction of sp³-hybridized carbons (Fsp3) is 0.667. The van der Waals surface area contributed by atoms with Gasteiger partial charge in [-0.2, -0.15) is 11.8 Å². The topological polar surface area (TPSA) is 15.3 Å². The Morgan fingerprint density at radius 3 is 2.88 bits per heavy atom. The lowest BCUT2D eigenvalue weighted by molar-refractivity contribution is 0.301. The molecule has 1 fully saturated rings. The Balaban J connectivity index is 1.48. The quantitative estimate of drug-likeness (QED) is 0.783. The van der Waals surface area contributed by atoms with Crippen LogP contribution in [0.25, 0.3) is 0 Å². The number of thioether (sulfide) groups is 1. The monoisotopic (exact) mass is 256 g/mol. The average molecular weight is 256 g/mol. The highest BCUT2D eigenvalue weighted by Crippen LogP contribution is 2.09. The summed E-state index contributed by atoms with van der Waals surface area (Å²) >= 11 is 3.94. The second-order valence-corrected chi connectivity index (χ2v) is 6.29. The van der Waals surface area contributed by atoms with E-state index in [4.69, 9.17) is 0 Å². The highest BCUT2D eigenvalue weighted by atomic mass is 32.2. The SMILES string of the molecule is c1csc(CCNCCN2CCSCC2)c1. The van der Waals surface area contributed by atoms with E-state index in [1.165, 1.54) is 42.4 Å². The summed E-state index contributed by atoms with van der Waals surface area (Å²) in [6.45, 7) is 6.01. The summed E-state index contributed by atoms with van der Waals surface area (Å²) < 4.78 is 0. The second kappa shape index (κ2) is 7.33. The molecule has 0 aliphatic carbocycles. The van der Waals surface area contributed by atoms with E-state index in [0.29, 0.717) is 0 Å². The Kier molecular flexibility index (Phi) is 5.69. The minimum absolute atomic E-state index is 1.11. The smallest absolute Gasteiger partial charge is 0.0107 e. The molecule has 1 aromatic rings. The second-order valence-electron chi connectivity index (χ2n) is 4.03. The van der Waals surface area contributed by atoms with Crippen molar-refractivity contribution < 1.29 is 0 Å². The molecule has 0 unspecified atom stereocenters. The highest BCUT2D eigenvalue weighted by Gasteiger charge is 2.08. The van der Waals surface area contributed by atoms with Crippen molar-refractivity contribution in [3.63, 3.8) is 0 Å². The third kappa shape index (κ3) is 4.45. The van der Waals surface area contributed by atoms with Crippen LogP contribution < -0.4 is 5.32 Å². The Bertz CT molecular complexity index is 269. The van der Waals surface area contributed by atoms with Gasteiger partial charge in [0.25, 0.3) is 0 Å². The first-order chi connectivity index (χ1) is 7.95. The first kappa shape index (κ1) is 12.4. The van der Waals surface area contributed by atoms with E-state index in [-0.39, 0.29) is 0 Å². The molecule has 4 heteroatoms. The third-order valence-electron chi connectivity index (χ3n) is 2.84. The lowest BCUT2D eigenvalue weighted by atomic mass is 10.3. The summed E-state index contributed by atoms with van der Waals surface area (Å²) in [5, 5.41) is 5.68. The van der Waals surface area contributed by atoms with Gasteiger partial charge in [0.1, 0.15) is 0 Å². The fourth-order valence-corrected chi connectivity index (χ4v) is 3.54. The Labute approximate surface area is 106 Å². The predicted molar refractivity (Wildman–Crippen MR) is 74.7 cm³/mol. The summed E-state index contributed by atoms with van der Waals surface area (Å²) in [7, 11) is 0. The van der Waals surface area contributed by atoms with Crippen molar-refractivity contribution in [1.29, 1.82) is 0 Å². The van der Waals surface area contributed by atoms with E-state index in [1.807, 2.05) is 11.3 Å². The summed E-state index contributed by atoms with van der Waals surface area (Å²) in [5.74, 6) is 2.63. The molecule has 16 heavy (non-hydrogen) atoms.